The highest BCUT2D eigenvalue weighted by Gasteiger charge is 2.29. The van der Waals surface area contributed by atoms with Crippen molar-refractivity contribution in [3.8, 4) is 0 Å². The van der Waals surface area contributed by atoms with Gasteiger partial charge < -0.3 is 10.1 Å². The molecule has 1 N–H and O–H groups in total. The maximum Gasteiger partial charge on any atom is 0.318 e. The molecule has 0 spiro atoms. The van der Waals surface area contributed by atoms with Crippen molar-refractivity contribution in [3.63, 3.8) is 0 Å². The van der Waals surface area contributed by atoms with Gasteiger partial charge in [-0.15, -0.1) is 0 Å². The summed E-state index contributed by atoms with van der Waals surface area (Å²) >= 11 is 0. The molecule has 1 rings (SSSR count). The van der Waals surface area contributed by atoms with E-state index >= 15 is 0 Å². The maximum absolute atomic E-state index is 11.2. The van der Waals surface area contributed by atoms with Gasteiger partial charge in [0, 0.05) is 19.5 Å². The van der Waals surface area contributed by atoms with Crippen LogP contribution in [-0.4, -0.2) is 31.4 Å². The highest BCUT2D eigenvalue weighted by Crippen LogP contribution is 2.07. The minimum absolute atomic E-state index is 0.0344. The van der Waals surface area contributed by atoms with Gasteiger partial charge >= 0.3 is 5.97 Å². The minimum Gasteiger partial charge on any atom is -0.461 e. The van der Waals surface area contributed by atoms with Crippen LogP contribution in [-0.2, 0) is 14.3 Å². The molecule has 1 unspecified atom stereocenters. The molecule has 4 nitrogen and oxygen atoms in total. The Morgan fingerprint density at radius 3 is 3.15 bits per heavy atom. The number of Topliss-reactive ketones (excluding diaryl/α,β-unsaturated/α-hetero) is 1. The third-order valence-corrected chi connectivity index (χ3v) is 1.91. The first-order chi connectivity index (χ1) is 6.25. The van der Waals surface area contributed by atoms with E-state index in [1.165, 1.54) is 6.08 Å². The summed E-state index contributed by atoms with van der Waals surface area (Å²) in [6, 6.07) is 0. The van der Waals surface area contributed by atoms with Crippen molar-refractivity contribution in [2.24, 2.45) is 5.92 Å². The van der Waals surface area contributed by atoms with Crippen LogP contribution in [0.2, 0.25) is 0 Å². The number of esters is 1. The Morgan fingerprint density at radius 2 is 2.54 bits per heavy atom. The number of hydrogen-bond donors (Lipinski definition) is 1. The second-order valence-electron chi connectivity index (χ2n) is 2.89. The fourth-order valence-corrected chi connectivity index (χ4v) is 1.20. The molecule has 0 bridgehead atoms. The SMILES string of the molecule is C=CCOC(=O)C1CNCCC1=O. The lowest BCUT2D eigenvalue weighted by Crippen LogP contribution is -2.41. The summed E-state index contributed by atoms with van der Waals surface area (Å²) in [5, 5.41) is 2.98. The lowest BCUT2D eigenvalue weighted by Gasteiger charge is -2.19. The topological polar surface area (TPSA) is 55.4 Å². The van der Waals surface area contributed by atoms with Gasteiger partial charge in [0.15, 0.2) is 0 Å². The Balaban J connectivity index is 2.43. The van der Waals surface area contributed by atoms with E-state index in [0.29, 0.717) is 19.5 Å². The molecule has 0 radical (unpaired) electrons. The molecule has 13 heavy (non-hydrogen) atoms. The molecule has 1 aliphatic heterocycles. The second-order valence-corrected chi connectivity index (χ2v) is 2.89. The zero-order valence-corrected chi connectivity index (χ0v) is 7.41. The summed E-state index contributed by atoms with van der Waals surface area (Å²) in [5.74, 6) is -1.10. The molecule has 1 aliphatic rings. The lowest BCUT2D eigenvalue weighted by atomic mass is 9.98. The van der Waals surface area contributed by atoms with E-state index in [1.807, 2.05) is 0 Å². The number of rotatable bonds is 3. The number of carbonyl (C=O) groups is 2. The molecule has 0 amide bonds. The van der Waals surface area contributed by atoms with Gasteiger partial charge in [0.1, 0.15) is 18.3 Å². The van der Waals surface area contributed by atoms with Crippen molar-refractivity contribution in [1.82, 2.24) is 5.32 Å². The Hall–Kier alpha value is -1.16. The van der Waals surface area contributed by atoms with Crippen LogP contribution in [0.5, 0.6) is 0 Å². The Labute approximate surface area is 76.9 Å². The first-order valence-corrected chi connectivity index (χ1v) is 4.26. The van der Waals surface area contributed by atoms with E-state index in [2.05, 4.69) is 11.9 Å². The first-order valence-electron chi connectivity index (χ1n) is 4.26. The van der Waals surface area contributed by atoms with Crippen molar-refractivity contribution in [3.05, 3.63) is 12.7 Å². The number of nitrogens with one attached hydrogen (secondary N) is 1. The molecule has 0 aromatic carbocycles. The number of piperidine rings is 1. The van der Waals surface area contributed by atoms with Gasteiger partial charge in [-0.1, -0.05) is 12.7 Å². The predicted octanol–water partition coefficient (Wildman–Crippen LogP) is -0.106. The van der Waals surface area contributed by atoms with Crippen molar-refractivity contribution in [2.45, 2.75) is 6.42 Å². The Morgan fingerprint density at radius 1 is 1.77 bits per heavy atom. The number of carbonyl (C=O) groups excluding carboxylic acids is 2. The average molecular weight is 183 g/mol. The van der Waals surface area contributed by atoms with Gasteiger partial charge in [-0.3, -0.25) is 9.59 Å². The predicted molar refractivity (Wildman–Crippen MR) is 47.1 cm³/mol. The molecule has 1 fully saturated rings. The van der Waals surface area contributed by atoms with Crippen molar-refractivity contribution in [1.29, 1.82) is 0 Å². The maximum atomic E-state index is 11.2. The van der Waals surface area contributed by atoms with Crippen LogP contribution in [0.4, 0.5) is 0 Å². The van der Waals surface area contributed by atoms with Gasteiger partial charge in [-0.05, 0) is 0 Å². The van der Waals surface area contributed by atoms with Gasteiger partial charge in [-0.2, -0.15) is 0 Å². The van der Waals surface area contributed by atoms with E-state index < -0.39 is 11.9 Å². The molecular weight excluding hydrogens is 170 g/mol. The van der Waals surface area contributed by atoms with E-state index in [4.69, 9.17) is 4.74 Å². The van der Waals surface area contributed by atoms with Crippen molar-refractivity contribution in [2.75, 3.05) is 19.7 Å². The quantitative estimate of drug-likeness (QED) is 0.377. The number of ketones is 1. The Bertz CT molecular complexity index is 225. The summed E-state index contributed by atoms with van der Waals surface area (Å²) in [6.45, 7) is 4.64. The molecule has 4 heteroatoms. The average Bonchev–Trinajstić information content (AvgIpc) is 2.15. The van der Waals surface area contributed by atoms with Gasteiger partial charge in [0.05, 0.1) is 0 Å². The first kappa shape index (κ1) is 9.92. The standard InChI is InChI=1S/C9H13NO3/c1-2-5-13-9(12)7-6-10-4-3-8(7)11/h2,7,10H,1,3-6H2. The minimum atomic E-state index is -0.617. The second kappa shape index (κ2) is 4.77. The molecular formula is C9H13NO3. The summed E-state index contributed by atoms with van der Waals surface area (Å²) in [6.07, 6.45) is 1.90. The highest BCUT2D eigenvalue weighted by atomic mass is 16.5. The number of hydrogen-bond acceptors (Lipinski definition) is 4. The van der Waals surface area contributed by atoms with Gasteiger partial charge in [-0.25, -0.2) is 0 Å². The molecule has 1 heterocycles. The third kappa shape index (κ3) is 2.66. The fraction of sp³-hybridized carbons (Fsp3) is 0.556. The van der Waals surface area contributed by atoms with Gasteiger partial charge in [0.2, 0.25) is 0 Å². The number of ether oxygens (including phenoxy) is 1. The molecule has 72 valence electrons. The third-order valence-electron chi connectivity index (χ3n) is 1.91. The zero-order chi connectivity index (χ0) is 9.68. The fourth-order valence-electron chi connectivity index (χ4n) is 1.20. The van der Waals surface area contributed by atoms with E-state index in [0.717, 1.165) is 0 Å². The van der Waals surface area contributed by atoms with Gasteiger partial charge in [0.25, 0.3) is 0 Å². The van der Waals surface area contributed by atoms with Crippen LogP contribution in [0.15, 0.2) is 12.7 Å². The zero-order valence-electron chi connectivity index (χ0n) is 7.41. The van der Waals surface area contributed by atoms with E-state index in [-0.39, 0.29) is 12.4 Å². The van der Waals surface area contributed by atoms with E-state index in [1.54, 1.807) is 0 Å². The normalized spacial score (nSPS) is 22.5. The summed E-state index contributed by atoms with van der Waals surface area (Å²) in [5.41, 5.74) is 0. The van der Waals surface area contributed by atoms with Crippen LogP contribution in [0.3, 0.4) is 0 Å². The summed E-state index contributed by atoms with van der Waals surface area (Å²) < 4.78 is 4.78. The monoisotopic (exact) mass is 183 g/mol. The molecule has 0 aromatic heterocycles. The van der Waals surface area contributed by atoms with Crippen LogP contribution in [0.1, 0.15) is 6.42 Å². The molecule has 0 aliphatic carbocycles. The largest absolute Gasteiger partial charge is 0.461 e. The van der Waals surface area contributed by atoms with Crippen LogP contribution in [0, 0.1) is 5.92 Å². The van der Waals surface area contributed by atoms with Crippen molar-refractivity contribution >= 4 is 11.8 Å². The molecule has 0 saturated carbocycles. The summed E-state index contributed by atoms with van der Waals surface area (Å²) in [4.78, 5) is 22.5. The van der Waals surface area contributed by atoms with Crippen LogP contribution < -0.4 is 5.32 Å². The smallest absolute Gasteiger partial charge is 0.318 e. The van der Waals surface area contributed by atoms with Crippen LogP contribution >= 0.6 is 0 Å². The van der Waals surface area contributed by atoms with Crippen LogP contribution in [0.25, 0.3) is 0 Å². The molecule has 1 atom stereocenters. The molecule has 0 aromatic rings. The highest BCUT2D eigenvalue weighted by molar-refractivity contribution is 5.99. The summed E-state index contributed by atoms with van der Waals surface area (Å²) in [7, 11) is 0. The van der Waals surface area contributed by atoms with Crippen molar-refractivity contribution < 1.29 is 14.3 Å². The van der Waals surface area contributed by atoms with E-state index in [9.17, 15) is 9.59 Å². The lowest BCUT2D eigenvalue weighted by molar-refractivity contribution is -0.151. The Kier molecular flexibility index (Phi) is 3.64. The molecule has 1 saturated heterocycles.